The van der Waals surface area contributed by atoms with Crippen LogP contribution in [0.4, 0.5) is 0 Å². The molecule has 1 aliphatic rings. The molecule has 0 bridgehead atoms. The molecule has 4 nitrogen and oxygen atoms in total. The largest absolute Gasteiger partial charge is 0.342 e. The van der Waals surface area contributed by atoms with Gasteiger partial charge in [0.25, 0.3) is 0 Å². The van der Waals surface area contributed by atoms with Crippen molar-refractivity contribution in [1.82, 2.24) is 15.1 Å². The van der Waals surface area contributed by atoms with Crippen molar-refractivity contribution >= 4 is 5.91 Å². The molecule has 0 aromatic heterocycles. The Morgan fingerprint density at radius 2 is 2.00 bits per heavy atom. The van der Waals surface area contributed by atoms with Crippen molar-refractivity contribution in [3.63, 3.8) is 0 Å². The zero-order valence-corrected chi connectivity index (χ0v) is 11.0. The lowest BCUT2D eigenvalue weighted by molar-refractivity contribution is -0.133. The molecule has 0 radical (unpaired) electrons. The standard InChI is InChI=1S/C12H25N3O/c1-5-14(6-2)12(16)9-15-8-7-13-10(3)11(15)4/h10-11,13H,5-9H2,1-4H3. The average molecular weight is 227 g/mol. The van der Waals surface area contributed by atoms with Crippen LogP contribution in [0.1, 0.15) is 27.7 Å². The first kappa shape index (κ1) is 13.5. The van der Waals surface area contributed by atoms with E-state index < -0.39 is 0 Å². The van der Waals surface area contributed by atoms with Crippen LogP contribution in [-0.2, 0) is 4.79 Å². The number of nitrogens with zero attached hydrogens (tertiary/aromatic N) is 2. The number of carbonyl (C=O) groups excluding carboxylic acids is 1. The van der Waals surface area contributed by atoms with Crippen LogP contribution in [0.2, 0.25) is 0 Å². The van der Waals surface area contributed by atoms with Crippen LogP contribution in [0.3, 0.4) is 0 Å². The predicted octanol–water partition coefficient (Wildman–Crippen LogP) is 0.537. The normalized spacial score (nSPS) is 26.8. The Hall–Kier alpha value is -0.610. The van der Waals surface area contributed by atoms with Crippen molar-refractivity contribution < 1.29 is 4.79 Å². The SMILES string of the molecule is CCN(CC)C(=O)CN1CCNC(C)C1C. The van der Waals surface area contributed by atoms with E-state index in [4.69, 9.17) is 0 Å². The molecule has 94 valence electrons. The van der Waals surface area contributed by atoms with Crippen LogP contribution in [0, 0.1) is 0 Å². The van der Waals surface area contributed by atoms with E-state index in [1.807, 2.05) is 18.7 Å². The van der Waals surface area contributed by atoms with Crippen LogP contribution >= 0.6 is 0 Å². The number of hydrogen-bond acceptors (Lipinski definition) is 3. The Labute approximate surface area is 99.0 Å². The van der Waals surface area contributed by atoms with Gasteiger partial charge >= 0.3 is 0 Å². The Balaban J connectivity index is 2.49. The van der Waals surface area contributed by atoms with Crippen molar-refractivity contribution in [3.8, 4) is 0 Å². The molecular weight excluding hydrogens is 202 g/mol. The summed E-state index contributed by atoms with van der Waals surface area (Å²) in [5.74, 6) is 0.256. The third-order valence-corrected chi connectivity index (χ3v) is 3.62. The highest BCUT2D eigenvalue weighted by Crippen LogP contribution is 2.08. The van der Waals surface area contributed by atoms with Crippen molar-refractivity contribution in [2.75, 3.05) is 32.7 Å². The Bertz CT molecular complexity index is 228. The van der Waals surface area contributed by atoms with Gasteiger partial charge in [-0.05, 0) is 27.7 Å². The molecule has 4 heteroatoms. The van der Waals surface area contributed by atoms with Crippen LogP contribution in [0.15, 0.2) is 0 Å². The molecule has 0 spiro atoms. The third-order valence-electron chi connectivity index (χ3n) is 3.62. The van der Waals surface area contributed by atoms with Crippen molar-refractivity contribution in [2.24, 2.45) is 0 Å². The monoisotopic (exact) mass is 227 g/mol. The summed E-state index contributed by atoms with van der Waals surface area (Å²) in [6.45, 7) is 12.6. The number of hydrogen-bond donors (Lipinski definition) is 1. The van der Waals surface area contributed by atoms with Gasteiger partial charge in [0, 0.05) is 38.3 Å². The maximum absolute atomic E-state index is 12.0. The zero-order chi connectivity index (χ0) is 12.1. The minimum absolute atomic E-state index is 0.256. The lowest BCUT2D eigenvalue weighted by Crippen LogP contribution is -2.57. The van der Waals surface area contributed by atoms with Gasteiger partial charge in [-0.2, -0.15) is 0 Å². The molecule has 1 N–H and O–H groups in total. The maximum Gasteiger partial charge on any atom is 0.236 e. The summed E-state index contributed by atoms with van der Waals surface area (Å²) >= 11 is 0. The van der Waals surface area contributed by atoms with E-state index >= 15 is 0 Å². The lowest BCUT2D eigenvalue weighted by Gasteiger charge is -2.38. The topological polar surface area (TPSA) is 35.6 Å². The molecule has 1 heterocycles. The highest BCUT2D eigenvalue weighted by atomic mass is 16.2. The third kappa shape index (κ3) is 3.19. The molecule has 0 aliphatic carbocycles. The van der Waals surface area contributed by atoms with E-state index in [0.29, 0.717) is 18.6 Å². The summed E-state index contributed by atoms with van der Waals surface area (Å²) in [5, 5.41) is 3.43. The highest BCUT2D eigenvalue weighted by Gasteiger charge is 2.26. The molecule has 0 aromatic rings. The fraction of sp³-hybridized carbons (Fsp3) is 0.917. The molecular formula is C12H25N3O. The summed E-state index contributed by atoms with van der Waals surface area (Å²) in [5.41, 5.74) is 0. The van der Waals surface area contributed by atoms with E-state index in [-0.39, 0.29) is 5.91 Å². The number of amides is 1. The first-order chi connectivity index (χ1) is 7.60. The number of nitrogens with one attached hydrogen (secondary N) is 1. The summed E-state index contributed by atoms with van der Waals surface area (Å²) in [6.07, 6.45) is 0. The van der Waals surface area contributed by atoms with Gasteiger partial charge < -0.3 is 10.2 Å². The summed E-state index contributed by atoms with van der Waals surface area (Å²) in [6, 6.07) is 0.909. The van der Waals surface area contributed by atoms with Gasteiger partial charge in [-0.15, -0.1) is 0 Å². The van der Waals surface area contributed by atoms with Crippen molar-refractivity contribution in [3.05, 3.63) is 0 Å². The predicted molar refractivity (Wildman–Crippen MR) is 66.4 cm³/mol. The average Bonchev–Trinajstić information content (AvgIpc) is 2.26. The van der Waals surface area contributed by atoms with Gasteiger partial charge in [0.05, 0.1) is 6.54 Å². The lowest BCUT2D eigenvalue weighted by atomic mass is 10.1. The van der Waals surface area contributed by atoms with Gasteiger partial charge in [-0.1, -0.05) is 0 Å². The highest BCUT2D eigenvalue weighted by molar-refractivity contribution is 5.78. The number of carbonyl (C=O) groups is 1. The van der Waals surface area contributed by atoms with E-state index in [1.165, 1.54) is 0 Å². The summed E-state index contributed by atoms with van der Waals surface area (Å²) in [4.78, 5) is 16.2. The zero-order valence-electron chi connectivity index (χ0n) is 11.0. The van der Waals surface area contributed by atoms with Crippen LogP contribution in [0.5, 0.6) is 0 Å². The second kappa shape index (κ2) is 6.21. The number of likely N-dealkylation sites (N-methyl/N-ethyl adjacent to an activating group) is 1. The smallest absolute Gasteiger partial charge is 0.236 e. The Morgan fingerprint density at radius 1 is 1.38 bits per heavy atom. The van der Waals surface area contributed by atoms with Gasteiger partial charge in [-0.3, -0.25) is 9.69 Å². The number of rotatable bonds is 4. The van der Waals surface area contributed by atoms with Gasteiger partial charge in [0.2, 0.25) is 5.91 Å². The molecule has 1 amide bonds. The van der Waals surface area contributed by atoms with E-state index in [2.05, 4.69) is 24.1 Å². The van der Waals surface area contributed by atoms with Crippen LogP contribution < -0.4 is 5.32 Å². The molecule has 2 atom stereocenters. The van der Waals surface area contributed by atoms with Crippen molar-refractivity contribution in [2.45, 2.75) is 39.8 Å². The van der Waals surface area contributed by atoms with Gasteiger partial charge in [0.15, 0.2) is 0 Å². The molecule has 2 unspecified atom stereocenters. The first-order valence-electron chi connectivity index (χ1n) is 6.35. The first-order valence-corrected chi connectivity index (χ1v) is 6.35. The van der Waals surface area contributed by atoms with E-state index in [0.717, 1.165) is 26.2 Å². The molecule has 1 rings (SSSR count). The maximum atomic E-state index is 12.0. The minimum atomic E-state index is 0.256. The Morgan fingerprint density at radius 3 is 2.56 bits per heavy atom. The second-order valence-electron chi connectivity index (χ2n) is 4.52. The van der Waals surface area contributed by atoms with E-state index in [1.54, 1.807) is 0 Å². The Kier molecular flexibility index (Phi) is 5.22. The van der Waals surface area contributed by atoms with E-state index in [9.17, 15) is 4.79 Å². The molecule has 0 saturated carbocycles. The fourth-order valence-corrected chi connectivity index (χ4v) is 2.20. The van der Waals surface area contributed by atoms with Crippen LogP contribution in [-0.4, -0.2) is 60.5 Å². The molecule has 0 aromatic carbocycles. The van der Waals surface area contributed by atoms with Gasteiger partial charge in [0.1, 0.15) is 0 Å². The summed E-state index contributed by atoms with van der Waals surface area (Å²) < 4.78 is 0. The molecule has 1 saturated heterocycles. The van der Waals surface area contributed by atoms with Crippen LogP contribution in [0.25, 0.3) is 0 Å². The number of piperazine rings is 1. The quantitative estimate of drug-likeness (QED) is 0.761. The minimum Gasteiger partial charge on any atom is -0.342 e. The fourth-order valence-electron chi connectivity index (χ4n) is 2.20. The van der Waals surface area contributed by atoms with Gasteiger partial charge in [-0.25, -0.2) is 0 Å². The van der Waals surface area contributed by atoms with Crippen molar-refractivity contribution in [1.29, 1.82) is 0 Å². The molecule has 16 heavy (non-hydrogen) atoms. The second-order valence-corrected chi connectivity index (χ2v) is 4.52. The molecule has 1 fully saturated rings. The molecule has 1 aliphatic heterocycles. The summed E-state index contributed by atoms with van der Waals surface area (Å²) in [7, 11) is 0.